The molecule has 1 amide bonds. The topological polar surface area (TPSA) is 95.7 Å². The lowest BCUT2D eigenvalue weighted by molar-refractivity contribution is -0.116. The van der Waals surface area contributed by atoms with Gasteiger partial charge in [-0.2, -0.15) is 4.31 Å². The van der Waals surface area contributed by atoms with Crippen molar-refractivity contribution in [2.45, 2.75) is 38.0 Å². The number of benzene rings is 1. The highest BCUT2D eigenvalue weighted by atomic mass is 32.2. The first kappa shape index (κ1) is 19.5. The number of piperidine rings is 1. The number of nitrogens with zero attached hydrogens (tertiary/aromatic N) is 2. The summed E-state index contributed by atoms with van der Waals surface area (Å²) >= 11 is 0. The fourth-order valence-electron chi connectivity index (χ4n) is 3.09. The van der Waals surface area contributed by atoms with Crippen molar-refractivity contribution in [3.63, 3.8) is 0 Å². The number of sulfonamides is 1. The molecule has 8 heteroatoms. The summed E-state index contributed by atoms with van der Waals surface area (Å²) in [5.41, 5.74) is 6.71. The van der Waals surface area contributed by atoms with Crippen LogP contribution in [-0.4, -0.2) is 51.4 Å². The molecule has 1 aromatic rings. The van der Waals surface area contributed by atoms with E-state index >= 15 is 0 Å². The summed E-state index contributed by atoms with van der Waals surface area (Å²) in [4.78, 5) is 13.5. The van der Waals surface area contributed by atoms with Crippen molar-refractivity contribution in [2.75, 3.05) is 42.9 Å². The van der Waals surface area contributed by atoms with Crippen molar-refractivity contribution < 1.29 is 13.2 Å². The molecule has 3 N–H and O–H groups in total. The number of hydrogen-bond acceptors (Lipinski definition) is 5. The predicted octanol–water partition coefficient (Wildman–Crippen LogP) is 1.60. The summed E-state index contributed by atoms with van der Waals surface area (Å²) in [7, 11) is -3.52. The molecule has 0 radical (unpaired) electrons. The van der Waals surface area contributed by atoms with Crippen LogP contribution < -0.4 is 16.0 Å². The van der Waals surface area contributed by atoms with E-state index in [0.717, 1.165) is 38.0 Å². The van der Waals surface area contributed by atoms with Crippen LogP contribution in [0.2, 0.25) is 0 Å². The molecule has 1 saturated heterocycles. The van der Waals surface area contributed by atoms with E-state index in [-0.39, 0.29) is 11.4 Å². The van der Waals surface area contributed by atoms with E-state index in [1.54, 1.807) is 22.5 Å². The highest BCUT2D eigenvalue weighted by Crippen LogP contribution is 2.30. The van der Waals surface area contributed by atoms with Crippen molar-refractivity contribution in [3.05, 3.63) is 18.2 Å². The Labute approximate surface area is 150 Å². The lowest BCUT2D eigenvalue weighted by Crippen LogP contribution is -2.35. The largest absolute Gasteiger partial charge is 0.374 e. The van der Waals surface area contributed by atoms with Gasteiger partial charge in [-0.3, -0.25) is 4.79 Å². The van der Waals surface area contributed by atoms with Crippen molar-refractivity contribution in [1.82, 2.24) is 4.31 Å². The second-order valence-electron chi connectivity index (χ2n) is 6.14. The van der Waals surface area contributed by atoms with Gasteiger partial charge in [0.25, 0.3) is 0 Å². The molecule has 0 aliphatic carbocycles. The van der Waals surface area contributed by atoms with Crippen LogP contribution in [0.5, 0.6) is 0 Å². The van der Waals surface area contributed by atoms with Gasteiger partial charge in [0.1, 0.15) is 0 Å². The minimum Gasteiger partial charge on any atom is -0.374 e. The van der Waals surface area contributed by atoms with Crippen LogP contribution in [-0.2, 0) is 14.8 Å². The average Bonchev–Trinajstić information content (AvgIpc) is 2.62. The maximum atomic E-state index is 12.9. The summed E-state index contributed by atoms with van der Waals surface area (Å²) in [6.07, 6.45) is 2.85. The van der Waals surface area contributed by atoms with Gasteiger partial charge in [-0.05, 0) is 44.9 Å². The van der Waals surface area contributed by atoms with Gasteiger partial charge >= 0.3 is 0 Å². The molecule has 1 fully saturated rings. The SMILES string of the molecule is CCN(CC)c1ccc(S(=O)(=O)N2CCCCC2)cc1NCC(N)=O. The first-order valence-corrected chi connectivity index (χ1v) is 10.3. The Morgan fingerprint density at radius 3 is 2.40 bits per heavy atom. The van der Waals surface area contributed by atoms with Gasteiger partial charge in [-0.15, -0.1) is 0 Å². The van der Waals surface area contributed by atoms with Crippen LogP contribution in [0, 0.1) is 0 Å². The maximum absolute atomic E-state index is 12.9. The van der Waals surface area contributed by atoms with Gasteiger partial charge in [-0.25, -0.2) is 8.42 Å². The number of amides is 1. The minimum absolute atomic E-state index is 0.0402. The molecule has 0 spiro atoms. The Hall–Kier alpha value is -1.80. The van der Waals surface area contributed by atoms with Gasteiger partial charge in [0.15, 0.2) is 0 Å². The van der Waals surface area contributed by atoms with Crippen molar-refractivity contribution in [2.24, 2.45) is 5.73 Å². The zero-order valence-electron chi connectivity index (χ0n) is 15.0. The monoisotopic (exact) mass is 368 g/mol. The molecule has 2 rings (SSSR count). The third-order valence-electron chi connectivity index (χ3n) is 4.48. The van der Waals surface area contributed by atoms with E-state index < -0.39 is 15.9 Å². The zero-order valence-corrected chi connectivity index (χ0v) is 15.8. The third kappa shape index (κ3) is 4.64. The van der Waals surface area contributed by atoms with Crippen LogP contribution in [0.3, 0.4) is 0 Å². The Kier molecular flexibility index (Phi) is 6.66. The lowest BCUT2D eigenvalue weighted by atomic mass is 10.2. The van der Waals surface area contributed by atoms with Gasteiger partial charge in [0, 0.05) is 26.2 Å². The fourth-order valence-corrected chi connectivity index (χ4v) is 4.64. The van der Waals surface area contributed by atoms with E-state index in [9.17, 15) is 13.2 Å². The van der Waals surface area contributed by atoms with Crippen LogP contribution in [0.4, 0.5) is 11.4 Å². The number of nitrogens with one attached hydrogen (secondary N) is 1. The molecule has 25 heavy (non-hydrogen) atoms. The number of carbonyl (C=O) groups excluding carboxylic acids is 1. The van der Waals surface area contributed by atoms with Crippen LogP contribution >= 0.6 is 0 Å². The van der Waals surface area contributed by atoms with E-state index in [0.29, 0.717) is 18.8 Å². The number of anilines is 2. The van der Waals surface area contributed by atoms with Gasteiger partial charge in [-0.1, -0.05) is 6.42 Å². The molecule has 140 valence electrons. The second kappa shape index (κ2) is 8.53. The Balaban J connectivity index is 2.39. The Morgan fingerprint density at radius 2 is 1.84 bits per heavy atom. The summed E-state index contributed by atoms with van der Waals surface area (Å²) in [5, 5.41) is 2.98. The zero-order chi connectivity index (χ0) is 18.4. The number of carbonyl (C=O) groups is 1. The molecular weight excluding hydrogens is 340 g/mol. The number of hydrogen-bond donors (Lipinski definition) is 2. The summed E-state index contributed by atoms with van der Waals surface area (Å²) in [6.45, 7) is 6.69. The standard InChI is InChI=1S/C17H28N4O3S/c1-3-20(4-2)16-9-8-14(12-15(16)19-13-17(18)22)25(23,24)21-10-6-5-7-11-21/h8-9,12,19H,3-7,10-11,13H2,1-2H3,(H2,18,22). The van der Waals surface area contributed by atoms with Crippen LogP contribution in [0.1, 0.15) is 33.1 Å². The third-order valence-corrected chi connectivity index (χ3v) is 6.37. The second-order valence-corrected chi connectivity index (χ2v) is 8.07. The first-order chi connectivity index (χ1) is 11.9. The molecule has 0 aromatic heterocycles. The number of rotatable bonds is 8. The normalized spacial score (nSPS) is 15.8. The summed E-state index contributed by atoms with van der Waals surface area (Å²) in [6, 6.07) is 5.06. The molecule has 7 nitrogen and oxygen atoms in total. The molecule has 0 atom stereocenters. The average molecular weight is 369 g/mol. The number of nitrogens with two attached hydrogens (primary N) is 1. The smallest absolute Gasteiger partial charge is 0.243 e. The van der Waals surface area contributed by atoms with E-state index in [1.165, 1.54) is 0 Å². The lowest BCUT2D eigenvalue weighted by Gasteiger charge is -2.28. The van der Waals surface area contributed by atoms with Crippen molar-refractivity contribution >= 4 is 27.3 Å². The van der Waals surface area contributed by atoms with Crippen molar-refractivity contribution in [3.8, 4) is 0 Å². The van der Waals surface area contributed by atoms with E-state index in [4.69, 9.17) is 5.73 Å². The molecule has 1 aliphatic rings. The minimum atomic E-state index is -3.52. The molecule has 0 saturated carbocycles. The predicted molar refractivity (Wildman–Crippen MR) is 100 cm³/mol. The molecule has 1 aliphatic heterocycles. The molecule has 0 unspecified atom stereocenters. The van der Waals surface area contributed by atoms with Gasteiger partial charge in [0.05, 0.1) is 22.8 Å². The quantitative estimate of drug-likeness (QED) is 0.727. The van der Waals surface area contributed by atoms with E-state index in [1.807, 2.05) is 13.8 Å². The molecule has 1 heterocycles. The molecular formula is C17H28N4O3S. The highest BCUT2D eigenvalue weighted by Gasteiger charge is 2.27. The van der Waals surface area contributed by atoms with Gasteiger partial charge < -0.3 is 16.0 Å². The first-order valence-electron chi connectivity index (χ1n) is 8.81. The summed E-state index contributed by atoms with van der Waals surface area (Å²) < 4.78 is 27.3. The maximum Gasteiger partial charge on any atom is 0.243 e. The molecule has 1 aromatic carbocycles. The fraction of sp³-hybridized carbons (Fsp3) is 0.588. The summed E-state index contributed by atoms with van der Waals surface area (Å²) in [5.74, 6) is -0.491. The Bertz CT molecular complexity index is 696. The van der Waals surface area contributed by atoms with Crippen LogP contribution in [0.25, 0.3) is 0 Å². The number of primary amides is 1. The Morgan fingerprint density at radius 1 is 1.20 bits per heavy atom. The highest BCUT2D eigenvalue weighted by molar-refractivity contribution is 7.89. The van der Waals surface area contributed by atoms with Crippen molar-refractivity contribution in [1.29, 1.82) is 0 Å². The molecule has 0 bridgehead atoms. The van der Waals surface area contributed by atoms with Gasteiger partial charge in [0.2, 0.25) is 15.9 Å². The van der Waals surface area contributed by atoms with Crippen LogP contribution in [0.15, 0.2) is 23.1 Å². The van der Waals surface area contributed by atoms with E-state index in [2.05, 4.69) is 10.2 Å².